The number of anilines is 2. The van der Waals surface area contributed by atoms with Crippen LogP contribution in [0.2, 0.25) is 5.15 Å². The summed E-state index contributed by atoms with van der Waals surface area (Å²) in [6.45, 7) is 1.45. The van der Waals surface area contributed by atoms with Crippen molar-refractivity contribution in [2.75, 3.05) is 11.1 Å². The summed E-state index contributed by atoms with van der Waals surface area (Å²) >= 11 is 6.16. The largest absolute Gasteiger partial charge is 0.507 e. The zero-order valence-corrected chi connectivity index (χ0v) is 16.3. The van der Waals surface area contributed by atoms with E-state index in [-0.39, 0.29) is 39.4 Å². The summed E-state index contributed by atoms with van der Waals surface area (Å²) in [5.41, 5.74) is 5.18. The van der Waals surface area contributed by atoms with Crippen LogP contribution in [0.3, 0.4) is 0 Å². The van der Waals surface area contributed by atoms with Gasteiger partial charge in [-0.15, -0.1) is 0 Å². The monoisotopic (exact) mass is 422 g/mol. The number of benzene rings is 1. The number of aromatic nitrogens is 5. The molecule has 0 fully saturated rings. The van der Waals surface area contributed by atoms with Crippen LogP contribution in [0.1, 0.15) is 18.1 Å². The molecule has 150 valence electrons. The van der Waals surface area contributed by atoms with Crippen LogP contribution in [0.4, 0.5) is 11.6 Å². The van der Waals surface area contributed by atoms with Gasteiger partial charge in [-0.25, -0.2) is 19.5 Å². The fourth-order valence-corrected chi connectivity index (χ4v) is 3.21. The van der Waals surface area contributed by atoms with E-state index < -0.39 is 5.72 Å². The lowest BCUT2D eigenvalue weighted by molar-refractivity contribution is 0.0885. The molecule has 10 nitrogen and oxygen atoms in total. The molecule has 0 aliphatic heterocycles. The zero-order chi connectivity index (χ0) is 21.5. The first-order valence-corrected chi connectivity index (χ1v) is 9.04. The normalized spacial score (nSPS) is 13.0. The Morgan fingerprint density at radius 3 is 2.77 bits per heavy atom. The van der Waals surface area contributed by atoms with Crippen LogP contribution in [0.5, 0.6) is 5.75 Å². The smallest absolute Gasteiger partial charge is 0.162 e. The molecule has 1 aromatic carbocycles. The Kier molecular flexibility index (Phi) is 4.62. The Balaban J connectivity index is 1.93. The first-order chi connectivity index (χ1) is 14.3. The van der Waals surface area contributed by atoms with Crippen LogP contribution in [-0.4, -0.2) is 34.8 Å². The average molecular weight is 423 g/mol. The summed E-state index contributed by atoms with van der Waals surface area (Å²) in [6, 6.07) is 10.0. The van der Waals surface area contributed by atoms with Crippen molar-refractivity contribution in [3.05, 3.63) is 59.1 Å². The lowest BCUT2D eigenvalue weighted by Gasteiger charge is -2.28. The van der Waals surface area contributed by atoms with Gasteiger partial charge in [0.2, 0.25) is 0 Å². The third kappa shape index (κ3) is 3.22. The first-order valence-electron chi connectivity index (χ1n) is 8.66. The lowest BCUT2D eigenvalue weighted by atomic mass is 9.97. The van der Waals surface area contributed by atoms with Gasteiger partial charge in [0.15, 0.2) is 22.3 Å². The topological polar surface area (TPSA) is 158 Å². The summed E-state index contributed by atoms with van der Waals surface area (Å²) in [5.74, 6) is -0.0264. The Hall–Kier alpha value is -3.94. The van der Waals surface area contributed by atoms with Crippen molar-refractivity contribution in [2.24, 2.45) is 0 Å². The maximum atomic E-state index is 11.3. The Morgan fingerprint density at radius 2 is 2.03 bits per heavy atom. The van der Waals surface area contributed by atoms with Gasteiger partial charge in [-0.3, -0.25) is 0 Å². The highest BCUT2D eigenvalue weighted by atomic mass is 35.5. The summed E-state index contributed by atoms with van der Waals surface area (Å²) in [5, 5.41) is 38.6. The molecule has 30 heavy (non-hydrogen) atoms. The summed E-state index contributed by atoms with van der Waals surface area (Å²) in [4.78, 5) is 12.0. The number of fused-ring (bicyclic) bond motifs is 1. The van der Waals surface area contributed by atoms with Gasteiger partial charge in [-0.2, -0.15) is 10.4 Å². The number of nitrogen functional groups attached to an aromatic ring is 1. The van der Waals surface area contributed by atoms with Gasteiger partial charge in [-0.1, -0.05) is 23.7 Å². The highest BCUT2D eigenvalue weighted by Crippen LogP contribution is 2.36. The van der Waals surface area contributed by atoms with Crippen molar-refractivity contribution in [1.82, 2.24) is 24.6 Å². The van der Waals surface area contributed by atoms with Crippen molar-refractivity contribution >= 4 is 28.9 Å². The number of halogens is 1. The van der Waals surface area contributed by atoms with Crippen molar-refractivity contribution in [1.29, 1.82) is 5.26 Å². The number of aliphatic hydroxyl groups is 1. The number of nitriles is 1. The van der Waals surface area contributed by atoms with E-state index >= 15 is 0 Å². The highest BCUT2D eigenvalue weighted by Gasteiger charge is 2.31. The molecule has 4 aromatic rings. The molecule has 0 aliphatic carbocycles. The lowest BCUT2D eigenvalue weighted by Crippen LogP contribution is -2.33. The van der Waals surface area contributed by atoms with E-state index in [4.69, 9.17) is 17.3 Å². The summed E-state index contributed by atoms with van der Waals surface area (Å²) in [7, 11) is 0. The molecule has 0 amide bonds. The number of rotatable bonds is 4. The molecule has 0 saturated heterocycles. The van der Waals surface area contributed by atoms with E-state index in [1.807, 2.05) is 6.07 Å². The third-order valence-corrected chi connectivity index (χ3v) is 4.74. The van der Waals surface area contributed by atoms with Crippen LogP contribution in [-0.2, 0) is 5.72 Å². The number of hydrogen-bond acceptors (Lipinski definition) is 9. The van der Waals surface area contributed by atoms with Gasteiger partial charge >= 0.3 is 0 Å². The average Bonchev–Trinajstić information content (AvgIpc) is 3.07. The van der Waals surface area contributed by atoms with Crippen molar-refractivity contribution in [2.45, 2.75) is 12.6 Å². The SMILES string of the molecule is C[C@@](O)(Nc1ncnc(N)c1C#N)c1cc2ncc(Cl)n2nc1-c1ccccc1O. The van der Waals surface area contributed by atoms with E-state index in [0.717, 1.165) is 0 Å². The van der Waals surface area contributed by atoms with Crippen LogP contribution in [0.15, 0.2) is 42.9 Å². The van der Waals surface area contributed by atoms with Gasteiger partial charge < -0.3 is 21.3 Å². The van der Waals surface area contributed by atoms with Crippen LogP contribution >= 0.6 is 11.6 Å². The molecule has 0 saturated carbocycles. The van der Waals surface area contributed by atoms with E-state index in [0.29, 0.717) is 11.2 Å². The minimum Gasteiger partial charge on any atom is -0.507 e. The van der Waals surface area contributed by atoms with E-state index in [9.17, 15) is 15.5 Å². The maximum absolute atomic E-state index is 11.3. The number of nitrogens with one attached hydrogen (secondary N) is 1. The summed E-state index contributed by atoms with van der Waals surface area (Å²) in [6.07, 6.45) is 2.59. The molecule has 0 bridgehead atoms. The predicted octanol–water partition coefficient (Wildman–Crippen LogP) is 2.28. The van der Waals surface area contributed by atoms with Crippen LogP contribution in [0.25, 0.3) is 16.9 Å². The molecule has 11 heteroatoms. The molecule has 3 heterocycles. The molecule has 0 radical (unpaired) electrons. The van der Waals surface area contributed by atoms with Gasteiger partial charge in [0.1, 0.15) is 35.2 Å². The quantitative estimate of drug-likeness (QED) is 0.362. The number of nitrogens with two attached hydrogens (primary N) is 1. The van der Waals surface area contributed by atoms with Gasteiger partial charge in [0.25, 0.3) is 0 Å². The van der Waals surface area contributed by atoms with Crippen molar-refractivity contribution in [3.8, 4) is 23.1 Å². The Labute approximate surface area is 175 Å². The maximum Gasteiger partial charge on any atom is 0.162 e. The highest BCUT2D eigenvalue weighted by molar-refractivity contribution is 6.29. The van der Waals surface area contributed by atoms with E-state index in [1.54, 1.807) is 24.3 Å². The molecule has 0 aliphatic rings. The second-order valence-corrected chi connectivity index (χ2v) is 6.95. The Bertz CT molecular complexity index is 1310. The molecular weight excluding hydrogens is 408 g/mol. The van der Waals surface area contributed by atoms with Crippen molar-refractivity contribution in [3.63, 3.8) is 0 Å². The number of aromatic hydroxyl groups is 1. The second-order valence-electron chi connectivity index (χ2n) is 6.57. The predicted molar refractivity (Wildman–Crippen MR) is 109 cm³/mol. The standard InChI is InChI=1S/C19H15ClN8O2/c1-19(30,26-18-11(7-21)17(22)24-9-25-18)12-6-15-23-8-14(20)28(15)27-16(12)10-4-2-3-5-13(10)29/h2-6,8-9,29-30H,1H3,(H3,22,24,25,26)/t19-/m0/s1. The molecular formula is C19H15ClN8O2. The molecule has 0 unspecified atom stereocenters. The zero-order valence-electron chi connectivity index (χ0n) is 15.6. The summed E-state index contributed by atoms with van der Waals surface area (Å²) < 4.78 is 1.38. The van der Waals surface area contributed by atoms with Crippen molar-refractivity contribution < 1.29 is 10.2 Å². The Morgan fingerprint density at radius 1 is 1.27 bits per heavy atom. The number of hydrogen-bond donors (Lipinski definition) is 4. The molecule has 0 spiro atoms. The van der Waals surface area contributed by atoms with Crippen LogP contribution in [0, 0.1) is 11.3 Å². The van der Waals surface area contributed by atoms with Gasteiger partial charge in [0.05, 0.1) is 6.20 Å². The molecule has 5 N–H and O–H groups in total. The fraction of sp³-hybridized carbons (Fsp3) is 0.105. The van der Waals surface area contributed by atoms with E-state index in [1.165, 1.54) is 30.0 Å². The van der Waals surface area contributed by atoms with Gasteiger partial charge in [0, 0.05) is 11.1 Å². The minimum absolute atomic E-state index is 0.0141. The molecule has 1 atom stereocenters. The number of nitrogens with zero attached hydrogens (tertiary/aromatic N) is 6. The molecule has 3 aromatic heterocycles. The number of para-hydroxylation sites is 1. The molecule has 4 rings (SSSR count). The number of phenolic OH excluding ortho intramolecular Hbond substituents is 1. The first kappa shape index (κ1) is 19.4. The minimum atomic E-state index is -1.79. The second kappa shape index (κ2) is 7.14. The third-order valence-electron chi connectivity index (χ3n) is 4.49. The van der Waals surface area contributed by atoms with E-state index in [2.05, 4.69) is 25.4 Å². The number of imidazole rings is 1. The van der Waals surface area contributed by atoms with Crippen LogP contribution < -0.4 is 11.1 Å². The van der Waals surface area contributed by atoms with Gasteiger partial charge in [-0.05, 0) is 25.1 Å². The number of phenols is 1. The fourth-order valence-electron chi connectivity index (χ4n) is 3.03.